The summed E-state index contributed by atoms with van der Waals surface area (Å²) < 4.78 is 10.3. The van der Waals surface area contributed by atoms with Crippen LogP contribution >= 0.6 is 12.2 Å². The fourth-order valence-corrected chi connectivity index (χ4v) is 3.22. The van der Waals surface area contributed by atoms with Crippen molar-refractivity contribution < 1.29 is 4.74 Å². The first-order chi connectivity index (χ1) is 11.1. The summed E-state index contributed by atoms with van der Waals surface area (Å²) in [5.41, 5.74) is 3.53. The molecule has 1 fully saturated rings. The number of H-pyrrole nitrogens is 1. The van der Waals surface area contributed by atoms with E-state index in [1.54, 1.807) is 4.68 Å². The van der Waals surface area contributed by atoms with Gasteiger partial charge in [-0.05, 0) is 45.0 Å². The van der Waals surface area contributed by atoms with Gasteiger partial charge in [-0.25, -0.2) is 0 Å². The predicted octanol–water partition coefficient (Wildman–Crippen LogP) is 2.98. The smallest absolute Gasteiger partial charge is 0.216 e. The van der Waals surface area contributed by atoms with E-state index in [4.69, 9.17) is 17.0 Å². The lowest BCUT2D eigenvalue weighted by molar-refractivity contribution is 0.0962. The summed E-state index contributed by atoms with van der Waals surface area (Å²) in [4.78, 5) is 0. The maximum absolute atomic E-state index is 5.76. The van der Waals surface area contributed by atoms with Crippen LogP contribution in [-0.2, 0) is 17.7 Å². The van der Waals surface area contributed by atoms with Crippen LogP contribution in [-0.4, -0.2) is 38.4 Å². The molecule has 0 radical (unpaired) electrons. The number of aryl methyl sites for hydroxylation is 2. The zero-order valence-corrected chi connectivity index (χ0v) is 14.7. The Kier molecular flexibility index (Phi) is 4.77. The first-order valence-corrected chi connectivity index (χ1v) is 8.50. The summed E-state index contributed by atoms with van der Waals surface area (Å²) in [5, 5.41) is 11.5. The molecule has 0 spiro atoms. The average Bonchev–Trinajstić information content (AvgIpc) is 3.23. The van der Waals surface area contributed by atoms with E-state index < -0.39 is 0 Å². The van der Waals surface area contributed by atoms with Crippen molar-refractivity contribution >= 4 is 18.4 Å². The minimum absolute atomic E-state index is 0.332. The second kappa shape index (κ2) is 6.80. The maximum atomic E-state index is 5.76. The fourth-order valence-electron chi connectivity index (χ4n) is 3.02. The van der Waals surface area contributed by atoms with Gasteiger partial charge in [0.1, 0.15) is 0 Å². The molecule has 124 valence electrons. The molecular formula is C16H23N5OS. The van der Waals surface area contributed by atoms with Crippen LogP contribution in [0.3, 0.4) is 0 Å². The van der Waals surface area contributed by atoms with Crippen LogP contribution in [0.2, 0.25) is 0 Å². The molecule has 0 aliphatic carbocycles. The van der Waals surface area contributed by atoms with E-state index in [0.717, 1.165) is 43.8 Å². The molecule has 1 N–H and O–H groups in total. The molecule has 23 heavy (non-hydrogen) atoms. The second-order valence-corrected chi connectivity index (χ2v) is 6.31. The molecular weight excluding hydrogens is 310 g/mol. The van der Waals surface area contributed by atoms with E-state index in [1.807, 2.05) is 13.1 Å². The third-order valence-corrected chi connectivity index (χ3v) is 4.63. The summed E-state index contributed by atoms with van der Waals surface area (Å²) in [6.45, 7) is 8.08. The highest BCUT2D eigenvalue weighted by atomic mass is 32.1. The van der Waals surface area contributed by atoms with Gasteiger partial charge >= 0.3 is 0 Å². The molecule has 0 amide bonds. The van der Waals surface area contributed by atoms with Gasteiger partial charge in [0.05, 0.1) is 12.3 Å². The van der Waals surface area contributed by atoms with Gasteiger partial charge in [0.25, 0.3) is 0 Å². The van der Waals surface area contributed by atoms with Crippen LogP contribution in [0.1, 0.15) is 42.5 Å². The maximum Gasteiger partial charge on any atom is 0.216 e. The predicted molar refractivity (Wildman–Crippen MR) is 92.7 cm³/mol. The van der Waals surface area contributed by atoms with Gasteiger partial charge < -0.3 is 9.30 Å². The molecule has 1 saturated heterocycles. The topological polar surface area (TPSA) is 60.1 Å². The summed E-state index contributed by atoms with van der Waals surface area (Å²) in [5.74, 6) is 0.833. The van der Waals surface area contributed by atoms with Gasteiger partial charge in [-0.2, -0.15) is 14.9 Å². The van der Waals surface area contributed by atoms with Crippen LogP contribution in [0.25, 0.3) is 0 Å². The lowest BCUT2D eigenvalue weighted by atomic mass is 10.2. The number of aromatic nitrogens is 4. The molecule has 0 aromatic carbocycles. The Labute approximate surface area is 141 Å². The first kappa shape index (κ1) is 16.1. The van der Waals surface area contributed by atoms with Crippen molar-refractivity contribution in [2.45, 2.75) is 52.7 Å². The van der Waals surface area contributed by atoms with Gasteiger partial charge in [-0.15, -0.1) is 0 Å². The molecule has 3 heterocycles. The number of aromatic amines is 1. The molecule has 2 aromatic heterocycles. The van der Waals surface area contributed by atoms with Crippen molar-refractivity contribution in [1.29, 1.82) is 0 Å². The largest absolute Gasteiger partial charge is 0.376 e. The van der Waals surface area contributed by atoms with Crippen molar-refractivity contribution in [1.82, 2.24) is 19.4 Å². The third-order valence-electron chi connectivity index (χ3n) is 4.37. The molecule has 0 saturated carbocycles. The number of hydrogen-bond donors (Lipinski definition) is 1. The lowest BCUT2D eigenvalue weighted by Crippen LogP contribution is -2.16. The summed E-state index contributed by atoms with van der Waals surface area (Å²) in [6, 6.07) is 2.16. The SMILES string of the molecule is CCc1n[nH]c(=S)n1/N=C\c1cc(C)n(C[C@@H]2CCCO2)c1C. The van der Waals surface area contributed by atoms with Gasteiger partial charge in [0.15, 0.2) is 5.82 Å². The lowest BCUT2D eigenvalue weighted by Gasteiger charge is -2.14. The molecule has 6 nitrogen and oxygen atoms in total. The molecule has 7 heteroatoms. The second-order valence-electron chi connectivity index (χ2n) is 5.93. The Morgan fingerprint density at radius 1 is 1.52 bits per heavy atom. The third kappa shape index (κ3) is 3.30. The molecule has 1 atom stereocenters. The van der Waals surface area contributed by atoms with E-state index in [9.17, 15) is 0 Å². The van der Waals surface area contributed by atoms with Crippen molar-refractivity contribution in [3.8, 4) is 0 Å². The van der Waals surface area contributed by atoms with Gasteiger partial charge in [-0.1, -0.05) is 6.92 Å². The van der Waals surface area contributed by atoms with Crippen molar-refractivity contribution in [3.05, 3.63) is 33.6 Å². The number of hydrogen-bond acceptors (Lipinski definition) is 4. The van der Waals surface area contributed by atoms with E-state index >= 15 is 0 Å². The Bertz CT molecular complexity index is 764. The van der Waals surface area contributed by atoms with Crippen LogP contribution in [0.15, 0.2) is 11.2 Å². The molecule has 2 aromatic rings. The molecule has 1 aliphatic rings. The zero-order valence-electron chi connectivity index (χ0n) is 13.9. The average molecular weight is 333 g/mol. The summed E-state index contributed by atoms with van der Waals surface area (Å²) in [6.07, 6.45) is 5.28. The normalized spacial score (nSPS) is 18.3. The summed E-state index contributed by atoms with van der Waals surface area (Å²) in [7, 11) is 0. The highest BCUT2D eigenvalue weighted by molar-refractivity contribution is 7.71. The monoisotopic (exact) mass is 333 g/mol. The van der Waals surface area contributed by atoms with Crippen LogP contribution in [0.5, 0.6) is 0 Å². The van der Waals surface area contributed by atoms with Gasteiger partial charge in [-0.3, -0.25) is 5.10 Å². The van der Waals surface area contributed by atoms with Gasteiger partial charge in [0.2, 0.25) is 4.77 Å². The van der Waals surface area contributed by atoms with Gasteiger partial charge in [0, 0.05) is 36.5 Å². The van der Waals surface area contributed by atoms with Crippen molar-refractivity contribution in [3.63, 3.8) is 0 Å². The van der Waals surface area contributed by atoms with Crippen molar-refractivity contribution in [2.75, 3.05) is 6.61 Å². The minimum atomic E-state index is 0.332. The Hall–Kier alpha value is -1.73. The van der Waals surface area contributed by atoms with Crippen LogP contribution in [0.4, 0.5) is 0 Å². The standard InChI is InChI=1S/C16H23N5OS/c1-4-15-18-19-16(23)21(15)17-9-13-8-11(2)20(12(13)3)10-14-6-5-7-22-14/h8-9,14H,4-7,10H2,1-3H3,(H,19,23)/b17-9-/t14-/m0/s1. The number of ether oxygens (including phenoxy) is 1. The van der Waals surface area contributed by atoms with Crippen LogP contribution in [0, 0.1) is 18.6 Å². The number of nitrogens with one attached hydrogen (secondary N) is 1. The zero-order chi connectivity index (χ0) is 16.4. The summed E-state index contributed by atoms with van der Waals surface area (Å²) >= 11 is 5.22. The molecule has 1 aliphatic heterocycles. The number of rotatable bonds is 5. The van der Waals surface area contributed by atoms with Crippen molar-refractivity contribution in [2.24, 2.45) is 5.10 Å². The number of nitrogens with zero attached hydrogens (tertiary/aromatic N) is 4. The highest BCUT2D eigenvalue weighted by Gasteiger charge is 2.18. The van der Waals surface area contributed by atoms with E-state index in [2.05, 4.69) is 39.8 Å². The fraction of sp³-hybridized carbons (Fsp3) is 0.562. The molecule has 0 unspecified atom stereocenters. The van der Waals surface area contributed by atoms with E-state index in [1.165, 1.54) is 11.4 Å². The Morgan fingerprint density at radius 2 is 2.35 bits per heavy atom. The highest BCUT2D eigenvalue weighted by Crippen LogP contribution is 2.19. The first-order valence-electron chi connectivity index (χ1n) is 8.09. The Balaban J connectivity index is 1.84. The van der Waals surface area contributed by atoms with E-state index in [-0.39, 0.29) is 0 Å². The Morgan fingerprint density at radius 3 is 3.04 bits per heavy atom. The quantitative estimate of drug-likeness (QED) is 0.676. The van der Waals surface area contributed by atoms with Crippen LogP contribution < -0.4 is 0 Å². The minimum Gasteiger partial charge on any atom is -0.376 e. The molecule has 0 bridgehead atoms. The van der Waals surface area contributed by atoms with E-state index in [0.29, 0.717) is 10.9 Å². The molecule has 3 rings (SSSR count).